The third-order valence-electron chi connectivity index (χ3n) is 5.15. The molecule has 30 heavy (non-hydrogen) atoms. The molecule has 0 saturated carbocycles. The monoisotopic (exact) mass is 445 g/mol. The molecule has 1 aliphatic rings. The number of anilines is 1. The Kier molecular flexibility index (Phi) is 5.29. The molecular formula is C21H20ClN3O4S. The average molecular weight is 446 g/mol. The number of aromatic amines is 1. The Morgan fingerprint density at radius 2 is 2.03 bits per heavy atom. The number of sulfonamides is 1. The van der Waals surface area contributed by atoms with Crippen LogP contribution in [0.15, 0.2) is 48.7 Å². The molecule has 9 heteroatoms. The van der Waals surface area contributed by atoms with E-state index in [0.717, 1.165) is 20.8 Å². The van der Waals surface area contributed by atoms with Crippen LogP contribution in [0.3, 0.4) is 0 Å². The molecule has 0 aliphatic carbocycles. The van der Waals surface area contributed by atoms with Gasteiger partial charge in [-0.05, 0) is 36.2 Å². The molecule has 2 N–H and O–H groups in total. The van der Waals surface area contributed by atoms with Gasteiger partial charge < -0.3 is 10.3 Å². The zero-order valence-electron chi connectivity index (χ0n) is 16.2. The molecule has 2 heterocycles. The number of carbonyl (C=O) groups excluding carboxylic acids is 2. The Balaban J connectivity index is 1.45. The smallest absolute Gasteiger partial charge is 0.252 e. The van der Waals surface area contributed by atoms with Crippen molar-refractivity contribution in [3.63, 3.8) is 0 Å². The highest BCUT2D eigenvalue weighted by Crippen LogP contribution is 2.31. The summed E-state index contributed by atoms with van der Waals surface area (Å²) in [5, 5.41) is 4.02. The number of halogens is 1. The minimum atomic E-state index is -3.72. The van der Waals surface area contributed by atoms with E-state index in [1.54, 1.807) is 6.92 Å². The number of para-hydroxylation sites is 1. The minimum absolute atomic E-state index is 0.0830. The molecule has 1 atom stereocenters. The third kappa shape index (κ3) is 3.68. The molecule has 1 aromatic heterocycles. The number of hydrogen-bond donors (Lipinski definition) is 2. The molecule has 2 amide bonds. The number of rotatable bonds is 5. The lowest BCUT2D eigenvalue weighted by atomic mass is 10.1. The van der Waals surface area contributed by atoms with Crippen LogP contribution in [-0.4, -0.2) is 37.5 Å². The van der Waals surface area contributed by atoms with E-state index < -0.39 is 21.8 Å². The number of fused-ring (bicyclic) bond motifs is 1. The number of carbonyl (C=O) groups is 2. The van der Waals surface area contributed by atoms with Gasteiger partial charge in [-0.3, -0.25) is 9.59 Å². The van der Waals surface area contributed by atoms with Crippen LogP contribution in [0, 0.1) is 5.92 Å². The number of amides is 2. The molecule has 0 unspecified atom stereocenters. The predicted molar refractivity (Wildman–Crippen MR) is 116 cm³/mol. The average Bonchev–Trinajstić information content (AvgIpc) is 3.19. The maximum Gasteiger partial charge on any atom is 0.252 e. The first-order valence-corrected chi connectivity index (χ1v) is 11.5. The number of hydrogen-bond acceptors (Lipinski definition) is 4. The predicted octanol–water partition coefficient (Wildman–Crippen LogP) is 3.11. The van der Waals surface area contributed by atoms with Gasteiger partial charge in [-0.2, -0.15) is 0 Å². The topological polar surface area (TPSA) is 99.3 Å². The molecule has 2 aromatic carbocycles. The van der Waals surface area contributed by atoms with Gasteiger partial charge in [0, 0.05) is 23.6 Å². The number of H-pyrrole nitrogens is 1. The van der Waals surface area contributed by atoms with E-state index in [1.807, 2.05) is 30.5 Å². The van der Waals surface area contributed by atoms with Gasteiger partial charge in [0.25, 0.3) is 5.91 Å². The molecular weight excluding hydrogens is 426 g/mol. The molecule has 0 spiro atoms. The van der Waals surface area contributed by atoms with E-state index in [9.17, 15) is 18.0 Å². The largest absolute Gasteiger partial charge is 0.361 e. The van der Waals surface area contributed by atoms with Crippen molar-refractivity contribution in [2.24, 2.45) is 5.92 Å². The molecule has 0 radical (unpaired) electrons. The summed E-state index contributed by atoms with van der Waals surface area (Å²) < 4.78 is 25.2. The molecule has 0 bridgehead atoms. The van der Waals surface area contributed by atoms with Crippen molar-refractivity contribution >= 4 is 50.0 Å². The van der Waals surface area contributed by atoms with Gasteiger partial charge in [-0.1, -0.05) is 36.7 Å². The van der Waals surface area contributed by atoms with E-state index in [1.165, 1.54) is 18.2 Å². The first kappa shape index (κ1) is 20.4. The van der Waals surface area contributed by atoms with Crippen LogP contribution < -0.4 is 9.62 Å². The lowest BCUT2D eigenvalue weighted by Crippen LogP contribution is -2.30. The van der Waals surface area contributed by atoms with E-state index in [-0.39, 0.29) is 27.9 Å². The van der Waals surface area contributed by atoms with Crippen molar-refractivity contribution in [2.75, 3.05) is 16.6 Å². The van der Waals surface area contributed by atoms with Crippen LogP contribution in [0.5, 0.6) is 0 Å². The van der Waals surface area contributed by atoms with E-state index in [4.69, 9.17) is 11.6 Å². The van der Waals surface area contributed by atoms with Crippen LogP contribution in [0.4, 0.5) is 5.69 Å². The zero-order valence-corrected chi connectivity index (χ0v) is 17.8. The van der Waals surface area contributed by atoms with E-state index >= 15 is 0 Å². The maximum atomic E-state index is 12.5. The van der Waals surface area contributed by atoms with Gasteiger partial charge in [0.2, 0.25) is 15.9 Å². The van der Waals surface area contributed by atoms with E-state index in [0.29, 0.717) is 13.0 Å². The SMILES string of the molecule is C[C@@H]1CS(=O)(=O)N(c2ccc(C(=O)NCCc3c[nH]c4ccccc34)c(Cl)c2)C1=O. The Labute approximate surface area is 179 Å². The molecule has 3 aromatic rings. The molecule has 1 fully saturated rings. The lowest BCUT2D eigenvalue weighted by molar-refractivity contribution is -0.119. The standard InChI is InChI=1S/C21H20ClN3O4S/c1-13-12-30(28,29)25(21(13)27)15-6-7-17(18(22)10-15)20(26)23-9-8-14-11-24-19-5-3-2-4-16(14)19/h2-7,10-11,13,24H,8-9,12H2,1H3,(H,23,26)/t13-/m1/s1. The minimum Gasteiger partial charge on any atom is -0.361 e. The summed E-state index contributed by atoms with van der Waals surface area (Å²) in [7, 11) is -3.72. The molecule has 4 rings (SSSR count). The molecule has 1 saturated heterocycles. The van der Waals surface area contributed by atoms with Crippen LogP contribution >= 0.6 is 11.6 Å². The normalized spacial score (nSPS) is 18.1. The highest BCUT2D eigenvalue weighted by molar-refractivity contribution is 7.94. The van der Waals surface area contributed by atoms with Crippen molar-refractivity contribution in [3.8, 4) is 0 Å². The Bertz CT molecular complexity index is 1250. The number of nitrogens with zero attached hydrogens (tertiary/aromatic N) is 1. The highest BCUT2D eigenvalue weighted by Gasteiger charge is 2.42. The van der Waals surface area contributed by atoms with Crippen LogP contribution in [0.2, 0.25) is 5.02 Å². The van der Waals surface area contributed by atoms with Crippen LogP contribution in [-0.2, 0) is 21.2 Å². The third-order valence-corrected chi connectivity index (χ3v) is 7.33. The highest BCUT2D eigenvalue weighted by atomic mass is 35.5. The Hall–Kier alpha value is -2.84. The van der Waals surface area contributed by atoms with Crippen molar-refractivity contribution in [1.29, 1.82) is 0 Å². The van der Waals surface area contributed by atoms with Gasteiger partial charge in [0.1, 0.15) is 0 Å². The maximum absolute atomic E-state index is 12.5. The summed E-state index contributed by atoms with van der Waals surface area (Å²) in [4.78, 5) is 28.0. The number of benzene rings is 2. The summed E-state index contributed by atoms with van der Waals surface area (Å²) in [6.07, 6.45) is 2.57. The molecule has 7 nitrogen and oxygen atoms in total. The van der Waals surface area contributed by atoms with Gasteiger partial charge >= 0.3 is 0 Å². The number of aromatic nitrogens is 1. The first-order chi connectivity index (χ1) is 14.3. The summed E-state index contributed by atoms with van der Waals surface area (Å²) in [6.45, 7) is 1.98. The molecule has 156 valence electrons. The zero-order chi connectivity index (χ0) is 21.5. The second-order valence-corrected chi connectivity index (χ2v) is 9.58. The van der Waals surface area contributed by atoms with E-state index in [2.05, 4.69) is 10.3 Å². The van der Waals surface area contributed by atoms with Crippen molar-refractivity contribution < 1.29 is 18.0 Å². The summed E-state index contributed by atoms with van der Waals surface area (Å²) in [5.41, 5.74) is 2.50. The van der Waals surface area contributed by atoms with Crippen molar-refractivity contribution in [1.82, 2.24) is 10.3 Å². The molecule has 1 aliphatic heterocycles. The van der Waals surface area contributed by atoms with Crippen LogP contribution in [0.25, 0.3) is 10.9 Å². The van der Waals surface area contributed by atoms with Gasteiger partial charge in [-0.25, -0.2) is 12.7 Å². The first-order valence-electron chi connectivity index (χ1n) is 9.47. The summed E-state index contributed by atoms with van der Waals surface area (Å²) in [5.74, 6) is -1.71. The van der Waals surface area contributed by atoms with Crippen molar-refractivity contribution in [3.05, 3.63) is 64.8 Å². The van der Waals surface area contributed by atoms with Gasteiger partial charge in [0.15, 0.2) is 0 Å². The Morgan fingerprint density at radius 1 is 1.27 bits per heavy atom. The van der Waals surface area contributed by atoms with Crippen molar-refractivity contribution in [2.45, 2.75) is 13.3 Å². The summed E-state index contributed by atoms with van der Waals surface area (Å²) in [6, 6.07) is 12.1. The fraction of sp³-hybridized carbons (Fsp3) is 0.238. The fourth-order valence-corrected chi connectivity index (χ4v) is 5.72. The second kappa shape index (κ2) is 7.77. The van der Waals surface area contributed by atoms with Gasteiger partial charge in [-0.15, -0.1) is 0 Å². The second-order valence-electron chi connectivity index (χ2n) is 7.31. The van der Waals surface area contributed by atoms with Gasteiger partial charge in [0.05, 0.1) is 27.9 Å². The van der Waals surface area contributed by atoms with Crippen LogP contribution in [0.1, 0.15) is 22.8 Å². The summed E-state index contributed by atoms with van der Waals surface area (Å²) >= 11 is 6.24. The fourth-order valence-electron chi connectivity index (χ4n) is 3.65. The lowest BCUT2D eigenvalue weighted by Gasteiger charge is -2.16. The number of nitrogens with one attached hydrogen (secondary N) is 2. The quantitative estimate of drug-likeness (QED) is 0.630. The Morgan fingerprint density at radius 3 is 2.73 bits per heavy atom.